The minimum atomic E-state index is -3.70. The van der Waals surface area contributed by atoms with Crippen LogP contribution >= 0.6 is 22.9 Å². The van der Waals surface area contributed by atoms with Crippen LogP contribution in [0.1, 0.15) is 22.5 Å². The number of nitrogens with one attached hydrogen (secondary N) is 1. The van der Waals surface area contributed by atoms with E-state index in [0.717, 1.165) is 10.1 Å². The smallest absolute Gasteiger partial charge is 0.348 e. The number of nitrogens with zero attached hydrogens (tertiary/aromatic N) is 1. The Balaban J connectivity index is 1.47. The predicted octanol–water partition coefficient (Wildman–Crippen LogP) is 4.38. The molecule has 10 heteroatoms. The SMILES string of the molecule is COC(=O)c1cc2cc(NC(=O)[C@@H]3CCCN(S(=O)(=O)c4ccc(Cl)cc4)C3)ccc2s1. The molecule has 2 aromatic carbocycles. The molecule has 1 fully saturated rings. The van der Waals surface area contributed by atoms with E-state index in [1.54, 1.807) is 18.2 Å². The van der Waals surface area contributed by atoms with Gasteiger partial charge in [-0.15, -0.1) is 11.3 Å². The number of piperidine rings is 1. The normalized spacial score (nSPS) is 17.2. The van der Waals surface area contributed by atoms with E-state index in [4.69, 9.17) is 16.3 Å². The molecule has 32 heavy (non-hydrogen) atoms. The molecule has 2 heterocycles. The van der Waals surface area contributed by atoms with Crippen LogP contribution in [0.25, 0.3) is 10.1 Å². The molecule has 0 unspecified atom stereocenters. The number of fused-ring (bicyclic) bond motifs is 1. The number of thiophene rings is 1. The maximum absolute atomic E-state index is 13.0. The predicted molar refractivity (Wildman–Crippen MR) is 125 cm³/mol. The molecule has 1 aliphatic rings. The summed E-state index contributed by atoms with van der Waals surface area (Å²) in [7, 11) is -2.37. The molecule has 0 radical (unpaired) electrons. The summed E-state index contributed by atoms with van der Waals surface area (Å²) < 4.78 is 33.0. The number of carbonyl (C=O) groups excluding carboxylic acids is 2. The second-order valence-corrected chi connectivity index (χ2v) is 11.0. The molecule has 7 nitrogen and oxygen atoms in total. The van der Waals surface area contributed by atoms with Gasteiger partial charge >= 0.3 is 5.97 Å². The molecule has 4 rings (SSSR count). The third-order valence-electron chi connectivity index (χ3n) is 5.38. The average molecular weight is 493 g/mol. The zero-order chi connectivity index (χ0) is 22.9. The fourth-order valence-electron chi connectivity index (χ4n) is 3.70. The van der Waals surface area contributed by atoms with Crippen molar-refractivity contribution in [1.29, 1.82) is 0 Å². The highest BCUT2D eigenvalue weighted by Crippen LogP contribution is 2.30. The summed E-state index contributed by atoms with van der Waals surface area (Å²) in [4.78, 5) is 25.3. The molecule has 168 valence electrons. The van der Waals surface area contributed by atoms with Gasteiger partial charge in [0.1, 0.15) is 4.88 Å². The van der Waals surface area contributed by atoms with Gasteiger partial charge in [-0.25, -0.2) is 13.2 Å². The first-order valence-corrected chi connectivity index (χ1v) is 12.6. The van der Waals surface area contributed by atoms with Crippen LogP contribution in [0.15, 0.2) is 53.4 Å². The van der Waals surface area contributed by atoms with E-state index in [-0.39, 0.29) is 17.3 Å². The van der Waals surface area contributed by atoms with Crippen LogP contribution in [0.3, 0.4) is 0 Å². The molecular formula is C22H21ClN2O5S2. The molecule has 0 bridgehead atoms. The maximum atomic E-state index is 13.0. The monoisotopic (exact) mass is 492 g/mol. The molecule has 0 spiro atoms. The third-order valence-corrected chi connectivity index (χ3v) is 8.60. The van der Waals surface area contributed by atoms with E-state index >= 15 is 0 Å². The summed E-state index contributed by atoms with van der Waals surface area (Å²) in [6.45, 7) is 0.482. The van der Waals surface area contributed by atoms with Gasteiger partial charge in [-0.1, -0.05) is 11.6 Å². The molecule has 1 N–H and O–H groups in total. The van der Waals surface area contributed by atoms with Crippen molar-refractivity contribution in [2.45, 2.75) is 17.7 Å². The highest BCUT2D eigenvalue weighted by atomic mass is 35.5. The molecule has 3 aromatic rings. The topological polar surface area (TPSA) is 92.8 Å². The number of methoxy groups -OCH3 is 1. The summed E-state index contributed by atoms with van der Waals surface area (Å²) in [5.74, 6) is -1.10. The highest BCUT2D eigenvalue weighted by molar-refractivity contribution is 7.89. The van der Waals surface area contributed by atoms with Gasteiger partial charge in [0, 0.05) is 28.5 Å². The first-order valence-electron chi connectivity index (χ1n) is 9.96. The second kappa shape index (κ2) is 9.19. The van der Waals surface area contributed by atoms with E-state index in [1.165, 1.54) is 47.0 Å². The highest BCUT2D eigenvalue weighted by Gasteiger charge is 2.33. The van der Waals surface area contributed by atoms with Gasteiger partial charge in [-0.05, 0) is 66.8 Å². The lowest BCUT2D eigenvalue weighted by Crippen LogP contribution is -2.43. The summed E-state index contributed by atoms with van der Waals surface area (Å²) >= 11 is 7.18. The molecular weight excluding hydrogens is 472 g/mol. The Morgan fingerprint density at radius 2 is 1.91 bits per heavy atom. The van der Waals surface area contributed by atoms with Crippen molar-refractivity contribution < 1.29 is 22.7 Å². The van der Waals surface area contributed by atoms with Gasteiger partial charge < -0.3 is 10.1 Å². The van der Waals surface area contributed by atoms with Gasteiger partial charge in [0.15, 0.2) is 0 Å². The number of carbonyl (C=O) groups is 2. The Kier molecular flexibility index (Phi) is 6.52. The Hall–Kier alpha value is -2.46. The number of amides is 1. The van der Waals surface area contributed by atoms with Crippen molar-refractivity contribution in [3.8, 4) is 0 Å². The number of esters is 1. The van der Waals surface area contributed by atoms with Crippen LogP contribution < -0.4 is 5.32 Å². The molecule has 1 aromatic heterocycles. The summed E-state index contributed by atoms with van der Waals surface area (Å²) in [5, 5.41) is 4.17. The lowest BCUT2D eigenvalue weighted by atomic mass is 9.98. The number of hydrogen-bond donors (Lipinski definition) is 1. The molecule has 0 saturated carbocycles. The standard InChI is InChI=1S/C22H21ClN2O5S2/c1-30-22(27)20-12-15-11-17(6-9-19(15)31-20)24-21(26)14-3-2-10-25(13-14)32(28,29)18-7-4-16(23)5-8-18/h4-9,11-12,14H,2-3,10,13H2,1H3,(H,24,26)/t14-/m1/s1. The number of anilines is 1. The zero-order valence-corrected chi connectivity index (χ0v) is 19.6. The van der Waals surface area contributed by atoms with E-state index in [1.807, 2.05) is 6.07 Å². The molecule has 1 saturated heterocycles. The number of ether oxygens (including phenoxy) is 1. The van der Waals surface area contributed by atoms with Crippen LogP contribution in [-0.2, 0) is 19.6 Å². The number of halogens is 1. The van der Waals surface area contributed by atoms with E-state index in [2.05, 4.69) is 5.32 Å². The number of sulfonamides is 1. The lowest BCUT2D eigenvalue weighted by Gasteiger charge is -2.31. The fraction of sp³-hybridized carbons (Fsp3) is 0.273. The third kappa shape index (κ3) is 4.66. The van der Waals surface area contributed by atoms with Gasteiger partial charge in [0.05, 0.1) is 17.9 Å². The van der Waals surface area contributed by atoms with Crippen molar-refractivity contribution in [2.24, 2.45) is 5.92 Å². The van der Waals surface area contributed by atoms with Crippen molar-refractivity contribution >= 4 is 60.6 Å². The summed E-state index contributed by atoms with van der Waals surface area (Å²) in [6.07, 6.45) is 1.20. The Labute approximate surface area is 195 Å². The van der Waals surface area contributed by atoms with Crippen molar-refractivity contribution in [3.63, 3.8) is 0 Å². The van der Waals surface area contributed by atoms with Gasteiger partial charge in [-0.2, -0.15) is 4.31 Å². The largest absolute Gasteiger partial charge is 0.465 e. The van der Waals surface area contributed by atoms with Crippen molar-refractivity contribution in [2.75, 3.05) is 25.5 Å². The molecule has 1 amide bonds. The van der Waals surface area contributed by atoms with Gasteiger partial charge in [0.25, 0.3) is 0 Å². The van der Waals surface area contributed by atoms with E-state index in [9.17, 15) is 18.0 Å². The summed E-state index contributed by atoms with van der Waals surface area (Å²) in [5.41, 5.74) is 0.592. The minimum Gasteiger partial charge on any atom is -0.465 e. The second-order valence-electron chi connectivity index (χ2n) is 7.50. The first kappa shape index (κ1) is 22.7. The number of rotatable bonds is 5. The fourth-order valence-corrected chi connectivity index (χ4v) is 6.31. The van der Waals surface area contributed by atoms with Crippen LogP contribution in [-0.4, -0.2) is 44.8 Å². The Morgan fingerprint density at radius 3 is 2.62 bits per heavy atom. The summed E-state index contributed by atoms with van der Waals surface area (Å²) in [6, 6.07) is 13.1. The minimum absolute atomic E-state index is 0.115. The van der Waals surface area contributed by atoms with Gasteiger partial charge in [-0.3, -0.25) is 4.79 Å². The van der Waals surface area contributed by atoms with E-state index < -0.39 is 21.9 Å². The Morgan fingerprint density at radius 1 is 1.16 bits per heavy atom. The van der Waals surface area contributed by atoms with Crippen molar-refractivity contribution in [1.82, 2.24) is 4.31 Å². The van der Waals surface area contributed by atoms with Crippen LogP contribution in [0.5, 0.6) is 0 Å². The molecule has 0 aliphatic carbocycles. The zero-order valence-electron chi connectivity index (χ0n) is 17.2. The molecule has 1 atom stereocenters. The van der Waals surface area contributed by atoms with Gasteiger partial charge in [0.2, 0.25) is 15.9 Å². The van der Waals surface area contributed by atoms with Crippen molar-refractivity contribution in [3.05, 3.63) is 58.4 Å². The quantitative estimate of drug-likeness (QED) is 0.533. The van der Waals surface area contributed by atoms with Crippen LogP contribution in [0.2, 0.25) is 5.02 Å². The molecule has 1 aliphatic heterocycles. The van der Waals surface area contributed by atoms with Crippen LogP contribution in [0, 0.1) is 5.92 Å². The Bertz CT molecular complexity index is 1270. The maximum Gasteiger partial charge on any atom is 0.348 e. The average Bonchev–Trinajstić information content (AvgIpc) is 3.22. The number of benzene rings is 2. The van der Waals surface area contributed by atoms with E-state index in [0.29, 0.717) is 35.0 Å². The first-order chi connectivity index (χ1) is 15.3. The lowest BCUT2D eigenvalue weighted by molar-refractivity contribution is -0.120. The van der Waals surface area contributed by atoms with Crippen LogP contribution in [0.4, 0.5) is 5.69 Å². The number of hydrogen-bond acceptors (Lipinski definition) is 6.